The average molecular weight is 325 g/mol. The maximum Gasteiger partial charge on any atom is 0.240 e. The van der Waals surface area contributed by atoms with Crippen LogP contribution in [0, 0.1) is 12.8 Å². The molecule has 1 saturated heterocycles. The van der Waals surface area contributed by atoms with Gasteiger partial charge in [0.05, 0.1) is 12.6 Å². The van der Waals surface area contributed by atoms with Gasteiger partial charge < -0.3 is 15.0 Å². The Labute approximate surface area is 137 Å². The molecular weight excluding hydrogens is 298 g/mol. The van der Waals surface area contributed by atoms with Gasteiger partial charge in [-0.05, 0) is 25.7 Å². The molecule has 6 heteroatoms. The lowest BCUT2D eigenvalue weighted by Gasteiger charge is -2.32. The van der Waals surface area contributed by atoms with Crippen molar-refractivity contribution in [2.45, 2.75) is 52.2 Å². The highest BCUT2D eigenvalue weighted by atomic mass is 32.1. The standard InChI is InChI=1S/C16H27N3O2S/c1-11(2)15(18-13-5-7-21-8-6-13)16(20)19(4)9-14-17-12(3)10-22-14/h10-11,13,15,18H,5-9H2,1-4H3. The molecule has 22 heavy (non-hydrogen) atoms. The molecular formula is C16H27N3O2S. The molecule has 5 nitrogen and oxygen atoms in total. The quantitative estimate of drug-likeness (QED) is 0.871. The van der Waals surface area contributed by atoms with Crippen molar-refractivity contribution in [3.8, 4) is 0 Å². The summed E-state index contributed by atoms with van der Waals surface area (Å²) in [5.74, 6) is 0.408. The lowest BCUT2D eigenvalue weighted by atomic mass is 9.99. The Morgan fingerprint density at radius 3 is 2.73 bits per heavy atom. The summed E-state index contributed by atoms with van der Waals surface area (Å²) >= 11 is 1.61. The Balaban J connectivity index is 1.95. The van der Waals surface area contributed by atoms with Crippen LogP contribution in [0.2, 0.25) is 0 Å². The van der Waals surface area contributed by atoms with E-state index in [-0.39, 0.29) is 17.9 Å². The van der Waals surface area contributed by atoms with E-state index in [1.54, 1.807) is 16.2 Å². The smallest absolute Gasteiger partial charge is 0.240 e. The topological polar surface area (TPSA) is 54.5 Å². The van der Waals surface area contributed by atoms with Crippen LogP contribution in [0.3, 0.4) is 0 Å². The molecule has 2 heterocycles. The van der Waals surface area contributed by atoms with Crippen LogP contribution >= 0.6 is 11.3 Å². The van der Waals surface area contributed by atoms with Crippen LogP contribution in [0.4, 0.5) is 0 Å². The molecule has 1 aliphatic heterocycles. The molecule has 0 aromatic carbocycles. The lowest BCUT2D eigenvalue weighted by molar-refractivity contribution is -0.134. The molecule has 1 N–H and O–H groups in total. The van der Waals surface area contributed by atoms with Gasteiger partial charge in [0.15, 0.2) is 0 Å². The second-order valence-corrected chi connectivity index (χ2v) is 7.29. The monoisotopic (exact) mass is 325 g/mol. The third-order valence-electron chi connectivity index (χ3n) is 3.98. The molecule has 0 aliphatic carbocycles. The predicted octanol–water partition coefficient (Wildman–Crippen LogP) is 2.20. The van der Waals surface area contributed by atoms with E-state index in [9.17, 15) is 4.79 Å². The number of ether oxygens (including phenoxy) is 1. The fraction of sp³-hybridized carbons (Fsp3) is 0.750. The van der Waals surface area contributed by atoms with Crippen molar-refractivity contribution in [3.63, 3.8) is 0 Å². The van der Waals surface area contributed by atoms with Gasteiger partial charge in [-0.25, -0.2) is 4.98 Å². The fourth-order valence-electron chi connectivity index (χ4n) is 2.66. The van der Waals surface area contributed by atoms with Crippen LogP contribution in [0.1, 0.15) is 37.4 Å². The Bertz CT molecular complexity index is 483. The van der Waals surface area contributed by atoms with Crippen molar-refractivity contribution < 1.29 is 9.53 Å². The van der Waals surface area contributed by atoms with Crippen molar-refractivity contribution >= 4 is 17.2 Å². The van der Waals surface area contributed by atoms with Gasteiger partial charge in [-0.15, -0.1) is 11.3 Å². The number of hydrogen-bond donors (Lipinski definition) is 1. The van der Waals surface area contributed by atoms with Gasteiger partial charge in [-0.2, -0.15) is 0 Å². The van der Waals surface area contributed by atoms with Gasteiger partial charge in [-0.1, -0.05) is 13.8 Å². The van der Waals surface area contributed by atoms with Gasteiger partial charge in [0.25, 0.3) is 0 Å². The van der Waals surface area contributed by atoms with Crippen LogP contribution < -0.4 is 5.32 Å². The maximum atomic E-state index is 12.8. The predicted molar refractivity (Wildman–Crippen MR) is 88.9 cm³/mol. The average Bonchev–Trinajstić information content (AvgIpc) is 2.90. The summed E-state index contributed by atoms with van der Waals surface area (Å²) < 4.78 is 5.39. The van der Waals surface area contributed by atoms with E-state index in [1.165, 1.54) is 0 Å². The van der Waals surface area contributed by atoms with E-state index in [2.05, 4.69) is 24.1 Å². The number of nitrogens with zero attached hydrogens (tertiary/aromatic N) is 2. The first-order chi connectivity index (χ1) is 10.5. The normalized spacial score (nSPS) is 17.7. The maximum absolute atomic E-state index is 12.8. The van der Waals surface area contributed by atoms with Crippen molar-refractivity contribution in [1.82, 2.24) is 15.2 Å². The summed E-state index contributed by atoms with van der Waals surface area (Å²) in [7, 11) is 1.86. The van der Waals surface area contributed by atoms with E-state index in [0.717, 1.165) is 36.8 Å². The summed E-state index contributed by atoms with van der Waals surface area (Å²) in [6, 6.07) is 0.231. The minimum Gasteiger partial charge on any atom is -0.381 e. The zero-order chi connectivity index (χ0) is 16.1. The molecule has 1 atom stereocenters. The number of aromatic nitrogens is 1. The van der Waals surface area contributed by atoms with Crippen LogP contribution in [-0.2, 0) is 16.1 Å². The Morgan fingerprint density at radius 1 is 1.50 bits per heavy atom. The minimum absolute atomic E-state index is 0.144. The van der Waals surface area contributed by atoms with Gasteiger partial charge in [-0.3, -0.25) is 4.79 Å². The van der Waals surface area contributed by atoms with Gasteiger partial charge in [0.2, 0.25) is 5.91 Å². The largest absolute Gasteiger partial charge is 0.381 e. The number of nitrogens with one attached hydrogen (secondary N) is 1. The number of carbonyl (C=O) groups is 1. The van der Waals surface area contributed by atoms with Gasteiger partial charge in [0.1, 0.15) is 5.01 Å². The van der Waals surface area contributed by atoms with Gasteiger partial charge in [0, 0.05) is 37.4 Å². The first-order valence-corrected chi connectivity index (χ1v) is 8.85. The van der Waals surface area contributed by atoms with Crippen molar-refractivity contribution in [2.24, 2.45) is 5.92 Å². The minimum atomic E-state index is -0.144. The molecule has 0 spiro atoms. The zero-order valence-electron chi connectivity index (χ0n) is 14.0. The van der Waals surface area contributed by atoms with E-state index < -0.39 is 0 Å². The summed E-state index contributed by atoms with van der Waals surface area (Å²) in [5.41, 5.74) is 1.02. The van der Waals surface area contributed by atoms with Gasteiger partial charge >= 0.3 is 0 Å². The number of amides is 1. The molecule has 1 aliphatic rings. The summed E-state index contributed by atoms with van der Waals surface area (Å²) in [5, 5.41) is 6.55. The summed E-state index contributed by atoms with van der Waals surface area (Å²) in [4.78, 5) is 19.0. The molecule has 1 fully saturated rings. The number of hydrogen-bond acceptors (Lipinski definition) is 5. The van der Waals surface area contributed by atoms with E-state index in [0.29, 0.717) is 12.6 Å². The van der Waals surface area contributed by atoms with Crippen molar-refractivity contribution in [1.29, 1.82) is 0 Å². The number of carbonyl (C=O) groups excluding carboxylic acids is 1. The van der Waals surface area contributed by atoms with Crippen molar-refractivity contribution in [3.05, 3.63) is 16.1 Å². The molecule has 1 unspecified atom stereocenters. The van der Waals surface area contributed by atoms with Crippen LogP contribution in [-0.4, -0.2) is 48.1 Å². The molecule has 1 aromatic heterocycles. The Hall–Kier alpha value is -0.980. The second kappa shape index (κ2) is 8.04. The molecule has 1 aromatic rings. The zero-order valence-corrected chi connectivity index (χ0v) is 14.8. The summed E-state index contributed by atoms with van der Waals surface area (Å²) in [6.45, 7) is 8.31. The molecule has 2 rings (SSSR count). The van der Waals surface area contributed by atoms with E-state index >= 15 is 0 Å². The number of likely N-dealkylation sites (N-methyl/N-ethyl adjacent to an activating group) is 1. The highest BCUT2D eigenvalue weighted by molar-refractivity contribution is 7.09. The van der Waals surface area contributed by atoms with Crippen LogP contribution in [0.15, 0.2) is 5.38 Å². The highest BCUT2D eigenvalue weighted by Crippen LogP contribution is 2.15. The van der Waals surface area contributed by atoms with Crippen molar-refractivity contribution in [2.75, 3.05) is 20.3 Å². The van der Waals surface area contributed by atoms with Crippen LogP contribution in [0.5, 0.6) is 0 Å². The molecule has 1 amide bonds. The third kappa shape index (κ3) is 4.76. The SMILES string of the molecule is Cc1csc(CN(C)C(=O)C(NC2CCOCC2)C(C)C)n1. The molecule has 0 saturated carbocycles. The Morgan fingerprint density at radius 2 is 2.18 bits per heavy atom. The molecule has 124 valence electrons. The third-order valence-corrected chi connectivity index (χ3v) is 4.94. The highest BCUT2D eigenvalue weighted by Gasteiger charge is 2.28. The lowest BCUT2D eigenvalue weighted by Crippen LogP contribution is -2.52. The fourth-order valence-corrected chi connectivity index (χ4v) is 3.48. The first kappa shape index (κ1) is 17.4. The number of aryl methyl sites for hydroxylation is 1. The number of rotatable bonds is 6. The Kier molecular flexibility index (Phi) is 6.35. The second-order valence-electron chi connectivity index (χ2n) is 6.35. The number of thiazole rings is 1. The van der Waals surface area contributed by atoms with E-state index in [4.69, 9.17) is 4.74 Å². The van der Waals surface area contributed by atoms with E-state index in [1.807, 2.05) is 19.4 Å². The van der Waals surface area contributed by atoms with Crippen LogP contribution in [0.25, 0.3) is 0 Å². The molecule has 0 bridgehead atoms. The molecule has 0 radical (unpaired) electrons. The summed E-state index contributed by atoms with van der Waals surface area (Å²) in [6.07, 6.45) is 1.96. The first-order valence-electron chi connectivity index (χ1n) is 7.97.